The summed E-state index contributed by atoms with van der Waals surface area (Å²) in [7, 11) is 3.25. The second kappa shape index (κ2) is 8.44. The minimum absolute atomic E-state index is 0.0000353. The molecule has 2 rings (SSSR count). The largest absolute Gasteiger partial charge is 0.482 e. The summed E-state index contributed by atoms with van der Waals surface area (Å²) in [5, 5.41) is 2.74. The zero-order valence-electron chi connectivity index (χ0n) is 14.0. The van der Waals surface area contributed by atoms with Crippen LogP contribution >= 0.6 is 0 Å². The third-order valence-electron chi connectivity index (χ3n) is 3.79. The van der Waals surface area contributed by atoms with E-state index in [1.165, 1.54) is 4.90 Å². The lowest BCUT2D eigenvalue weighted by Gasteiger charge is -2.26. The lowest BCUT2D eigenvalue weighted by molar-refractivity contribution is -0.121. The fraction of sp³-hybridized carbons (Fsp3) is 0.471. The van der Waals surface area contributed by atoms with Gasteiger partial charge in [-0.15, -0.1) is 0 Å². The topological polar surface area (TPSA) is 84.9 Å². The first kappa shape index (κ1) is 17.9. The van der Waals surface area contributed by atoms with Gasteiger partial charge in [-0.25, -0.2) is 0 Å². The van der Waals surface area contributed by atoms with Gasteiger partial charge >= 0.3 is 0 Å². The number of nitrogens with one attached hydrogen (secondary N) is 1. The number of ketones is 1. The van der Waals surface area contributed by atoms with Crippen molar-refractivity contribution in [2.75, 3.05) is 38.8 Å². The molecule has 0 bridgehead atoms. The molecule has 0 radical (unpaired) electrons. The van der Waals surface area contributed by atoms with E-state index < -0.39 is 0 Å². The summed E-state index contributed by atoms with van der Waals surface area (Å²) < 4.78 is 10.2. The lowest BCUT2D eigenvalue weighted by atomic mass is 10.0. The van der Waals surface area contributed by atoms with E-state index in [1.54, 1.807) is 32.4 Å². The van der Waals surface area contributed by atoms with Gasteiger partial charge in [-0.05, 0) is 24.6 Å². The van der Waals surface area contributed by atoms with Gasteiger partial charge in [-0.1, -0.05) is 0 Å². The highest BCUT2D eigenvalue weighted by Crippen LogP contribution is 2.32. The Bertz CT molecular complexity index is 629. The number of hydrogen-bond donors (Lipinski definition) is 1. The fourth-order valence-electron chi connectivity index (χ4n) is 2.35. The quantitative estimate of drug-likeness (QED) is 0.569. The maximum atomic E-state index is 12.3. The van der Waals surface area contributed by atoms with Crippen LogP contribution in [0, 0.1) is 0 Å². The van der Waals surface area contributed by atoms with Crippen LogP contribution in [0.4, 0.5) is 5.69 Å². The molecule has 1 N–H and O–H groups in total. The van der Waals surface area contributed by atoms with E-state index >= 15 is 0 Å². The molecule has 1 aromatic rings. The molecule has 0 aromatic heterocycles. The molecule has 130 valence electrons. The standard InChI is InChI=1S/C17H22N2O5/c1-19-13-10-12(4-6-15(13)24-11-17(19)22)14(20)5-7-16(21)18-8-3-9-23-2/h4,6,10H,3,5,7-9,11H2,1-2H3,(H,18,21). The molecular formula is C17H22N2O5. The smallest absolute Gasteiger partial charge is 0.264 e. The van der Waals surface area contributed by atoms with Gasteiger partial charge < -0.3 is 19.7 Å². The first-order valence-electron chi connectivity index (χ1n) is 7.85. The van der Waals surface area contributed by atoms with Gasteiger partial charge in [-0.3, -0.25) is 14.4 Å². The van der Waals surface area contributed by atoms with Crippen LogP contribution in [0.25, 0.3) is 0 Å². The predicted octanol–water partition coefficient (Wildman–Crippen LogP) is 1.16. The molecule has 1 aliphatic rings. The van der Waals surface area contributed by atoms with E-state index in [0.29, 0.717) is 30.2 Å². The molecular weight excluding hydrogens is 312 g/mol. The number of amides is 2. The number of carbonyl (C=O) groups excluding carboxylic acids is 3. The molecule has 1 heterocycles. The van der Waals surface area contributed by atoms with Crippen LogP contribution < -0.4 is 15.0 Å². The number of hydrogen-bond acceptors (Lipinski definition) is 5. The number of ether oxygens (including phenoxy) is 2. The third kappa shape index (κ3) is 4.55. The Morgan fingerprint density at radius 2 is 2.12 bits per heavy atom. The summed E-state index contributed by atoms with van der Waals surface area (Å²) >= 11 is 0. The zero-order chi connectivity index (χ0) is 17.5. The Balaban J connectivity index is 1.89. The highest BCUT2D eigenvalue weighted by molar-refractivity contribution is 6.02. The van der Waals surface area contributed by atoms with Crippen LogP contribution in [0.1, 0.15) is 29.6 Å². The first-order chi connectivity index (χ1) is 11.5. The van der Waals surface area contributed by atoms with Gasteiger partial charge in [0.2, 0.25) is 5.91 Å². The average Bonchev–Trinajstić information content (AvgIpc) is 2.59. The van der Waals surface area contributed by atoms with E-state index in [1.807, 2.05) is 0 Å². The van der Waals surface area contributed by atoms with Crippen molar-refractivity contribution < 1.29 is 23.9 Å². The maximum Gasteiger partial charge on any atom is 0.264 e. The van der Waals surface area contributed by atoms with Crippen molar-refractivity contribution in [3.63, 3.8) is 0 Å². The summed E-state index contributed by atoms with van der Waals surface area (Å²) in [4.78, 5) is 37.1. The highest BCUT2D eigenvalue weighted by atomic mass is 16.5. The second-order valence-corrected chi connectivity index (χ2v) is 5.54. The van der Waals surface area contributed by atoms with Crippen molar-refractivity contribution in [2.24, 2.45) is 0 Å². The molecule has 0 aliphatic carbocycles. The molecule has 7 nitrogen and oxygen atoms in total. The summed E-state index contributed by atoms with van der Waals surface area (Å²) in [5.41, 5.74) is 1.03. The number of nitrogens with zero attached hydrogens (tertiary/aromatic N) is 1. The minimum atomic E-state index is -0.164. The van der Waals surface area contributed by atoms with E-state index in [-0.39, 0.29) is 37.0 Å². The normalized spacial score (nSPS) is 13.2. The van der Waals surface area contributed by atoms with Gasteiger partial charge in [0.1, 0.15) is 5.75 Å². The summed E-state index contributed by atoms with van der Waals surface area (Å²) in [6.07, 6.45) is 0.989. The number of likely N-dealkylation sites (N-methyl/N-ethyl adjacent to an activating group) is 1. The van der Waals surface area contributed by atoms with Gasteiger partial charge in [0.05, 0.1) is 5.69 Å². The summed E-state index contributed by atoms with van der Waals surface area (Å²) in [6, 6.07) is 4.96. The number of anilines is 1. The number of rotatable bonds is 8. The van der Waals surface area contributed by atoms with Crippen molar-refractivity contribution in [2.45, 2.75) is 19.3 Å². The maximum absolute atomic E-state index is 12.3. The molecule has 0 fully saturated rings. The Kier molecular flexibility index (Phi) is 6.31. The Hall–Kier alpha value is -2.41. The van der Waals surface area contributed by atoms with Gasteiger partial charge in [0.15, 0.2) is 12.4 Å². The monoisotopic (exact) mass is 334 g/mol. The van der Waals surface area contributed by atoms with Crippen LogP contribution in [0.15, 0.2) is 18.2 Å². The van der Waals surface area contributed by atoms with Crippen molar-refractivity contribution in [1.82, 2.24) is 5.32 Å². The Labute approximate surface area is 140 Å². The third-order valence-corrected chi connectivity index (χ3v) is 3.79. The molecule has 1 aromatic carbocycles. The molecule has 0 unspecified atom stereocenters. The summed E-state index contributed by atoms with van der Waals surface area (Å²) in [5.74, 6) is 0.108. The van der Waals surface area contributed by atoms with Gasteiger partial charge in [0.25, 0.3) is 5.91 Å². The molecule has 1 aliphatic heterocycles. The Morgan fingerprint density at radius 3 is 2.88 bits per heavy atom. The van der Waals surface area contributed by atoms with Crippen molar-refractivity contribution in [3.8, 4) is 5.75 Å². The van der Waals surface area contributed by atoms with Gasteiger partial charge in [-0.2, -0.15) is 0 Å². The van der Waals surface area contributed by atoms with Crippen molar-refractivity contribution in [3.05, 3.63) is 23.8 Å². The van der Waals surface area contributed by atoms with E-state index in [4.69, 9.17) is 9.47 Å². The minimum Gasteiger partial charge on any atom is -0.482 e. The molecule has 0 saturated heterocycles. The van der Waals surface area contributed by atoms with Gasteiger partial charge in [0, 0.05) is 45.7 Å². The van der Waals surface area contributed by atoms with E-state index in [9.17, 15) is 14.4 Å². The van der Waals surface area contributed by atoms with Crippen molar-refractivity contribution in [1.29, 1.82) is 0 Å². The second-order valence-electron chi connectivity index (χ2n) is 5.54. The van der Waals surface area contributed by atoms with E-state index in [2.05, 4.69) is 5.32 Å². The first-order valence-corrected chi connectivity index (χ1v) is 7.85. The van der Waals surface area contributed by atoms with Crippen molar-refractivity contribution >= 4 is 23.3 Å². The van der Waals surface area contributed by atoms with Crippen LogP contribution in [0.2, 0.25) is 0 Å². The molecule has 7 heteroatoms. The molecule has 0 spiro atoms. The number of methoxy groups -OCH3 is 1. The number of benzene rings is 1. The predicted molar refractivity (Wildman–Crippen MR) is 88.4 cm³/mol. The zero-order valence-corrected chi connectivity index (χ0v) is 14.0. The molecule has 24 heavy (non-hydrogen) atoms. The fourth-order valence-corrected chi connectivity index (χ4v) is 2.35. The number of fused-ring (bicyclic) bond motifs is 1. The van der Waals surface area contributed by atoms with Crippen LogP contribution in [-0.2, 0) is 14.3 Å². The Morgan fingerprint density at radius 1 is 1.33 bits per heavy atom. The number of Topliss-reactive ketones (excluding diaryl/α,β-unsaturated/α-hetero) is 1. The molecule has 2 amide bonds. The number of carbonyl (C=O) groups is 3. The van der Waals surface area contributed by atoms with Crippen LogP contribution in [-0.4, -0.2) is 51.5 Å². The SMILES string of the molecule is COCCCNC(=O)CCC(=O)c1ccc2c(c1)N(C)C(=O)CO2. The van der Waals surface area contributed by atoms with Crippen LogP contribution in [0.3, 0.4) is 0 Å². The molecule has 0 atom stereocenters. The highest BCUT2D eigenvalue weighted by Gasteiger charge is 2.23. The lowest BCUT2D eigenvalue weighted by Crippen LogP contribution is -2.35. The molecule has 0 saturated carbocycles. The average molecular weight is 334 g/mol. The summed E-state index contributed by atoms with van der Waals surface area (Å²) in [6.45, 7) is 1.12. The van der Waals surface area contributed by atoms with Crippen LogP contribution in [0.5, 0.6) is 5.75 Å². The van der Waals surface area contributed by atoms with E-state index in [0.717, 1.165) is 6.42 Å².